The zero-order valence-corrected chi connectivity index (χ0v) is 12.9. The van der Waals surface area contributed by atoms with Gasteiger partial charge in [-0.05, 0) is 25.8 Å². The lowest BCUT2D eigenvalue weighted by Crippen LogP contribution is -2.36. The average Bonchev–Trinajstić information content (AvgIpc) is 2.42. The van der Waals surface area contributed by atoms with Gasteiger partial charge >= 0.3 is 0 Å². The van der Waals surface area contributed by atoms with E-state index in [2.05, 4.69) is 26.1 Å². The van der Waals surface area contributed by atoms with E-state index in [1.807, 2.05) is 0 Å². The molecule has 0 aliphatic carbocycles. The smallest absolute Gasteiger partial charge is 0.0499 e. The number of aliphatic hydroxyl groups is 1. The van der Waals surface area contributed by atoms with E-state index >= 15 is 0 Å². The summed E-state index contributed by atoms with van der Waals surface area (Å²) in [7, 11) is 0. The molecular weight excluding hydrogens is 222 g/mol. The van der Waals surface area contributed by atoms with Crippen molar-refractivity contribution in [3.8, 4) is 0 Å². The molecule has 0 aromatic rings. The van der Waals surface area contributed by atoms with Crippen LogP contribution in [0.4, 0.5) is 0 Å². The minimum atomic E-state index is 0.112. The van der Waals surface area contributed by atoms with Gasteiger partial charge in [0.15, 0.2) is 0 Å². The fourth-order valence-electron chi connectivity index (χ4n) is 2.34. The first-order valence-electron chi connectivity index (χ1n) is 8.06. The molecule has 0 amide bonds. The zero-order valence-electron chi connectivity index (χ0n) is 12.9. The highest BCUT2D eigenvalue weighted by Crippen LogP contribution is 2.24. The van der Waals surface area contributed by atoms with Crippen LogP contribution in [0.1, 0.15) is 78.6 Å². The number of hydrogen-bond acceptors (Lipinski definition) is 2. The second-order valence-corrected chi connectivity index (χ2v) is 5.66. The first kappa shape index (κ1) is 17.9. The summed E-state index contributed by atoms with van der Waals surface area (Å²) in [6.07, 6.45) is 11.7. The molecule has 0 saturated carbocycles. The summed E-state index contributed by atoms with van der Waals surface area (Å²) in [5.74, 6) is 0. The highest BCUT2D eigenvalue weighted by Gasteiger charge is 2.24. The fourth-order valence-corrected chi connectivity index (χ4v) is 2.34. The molecule has 18 heavy (non-hydrogen) atoms. The lowest BCUT2D eigenvalue weighted by atomic mass is 9.83. The molecular formula is C16H35NO. The van der Waals surface area contributed by atoms with Gasteiger partial charge in [0.1, 0.15) is 0 Å². The summed E-state index contributed by atoms with van der Waals surface area (Å²) in [5, 5.41) is 13.0. The van der Waals surface area contributed by atoms with Crippen molar-refractivity contribution in [2.45, 2.75) is 78.6 Å². The molecule has 0 aliphatic heterocycles. The molecule has 0 radical (unpaired) electrons. The summed E-state index contributed by atoms with van der Waals surface area (Å²) in [4.78, 5) is 0. The number of unbranched alkanes of at least 4 members (excludes halogenated alkanes) is 6. The summed E-state index contributed by atoms with van der Waals surface area (Å²) in [5.41, 5.74) is 0.112. The van der Waals surface area contributed by atoms with E-state index in [0.717, 1.165) is 25.9 Å². The van der Waals surface area contributed by atoms with Crippen LogP contribution in [-0.4, -0.2) is 24.8 Å². The third-order valence-electron chi connectivity index (χ3n) is 4.29. The Morgan fingerprint density at radius 2 is 1.39 bits per heavy atom. The van der Waals surface area contributed by atoms with Gasteiger partial charge in [-0.2, -0.15) is 0 Å². The van der Waals surface area contributed by atoms with Crippen LogP contribution in [0, 0.1) is 5.41 Å². The lowest BCUT2D eigenvalue weighted by Gasteiger charge is -2.29. The van der Waals surface area contributed by atoms with Crippen LogP contribution >= 0.6 is 0 Å². The minimum Gasteiger partial charge on any atom is -0.396 e. The minimum absolute atomic E-state index is 0.112. The van der Waals surface area contributed by atoms with Crippen molar-refractivity contribution in [3.63, 3.8) is 0 Å². The van der Waals surface area contributed by atoms with Gasteiger partial charge in [-0.25, -0.2) is 0 Å². The van der Waals surface area contributed by atoms with Crippen LogP contribution in [0.3, 0.4) is 0 Å². The van der Waals surface area contributed by atoms with Crippen molar-refractivity contribution in [1.82, 2.24) is 5.32 Å². The molecule has 0 spiro atoms. The van der Waals surface area contributed by atoms with E-state index in [9.17, 15) is 5.11 Å². The normalized spacial score (nSPS) is 12.0. The molecule has 0 atom stereocenters. The first-order chi connectivity index (χ1) is 8.74. The molecule has 2 nitrogen and oxygen atoms in total. The molecule has 110 valence electrons. The van der Waals surface area contributed by atoms with E-state index in [0.29, 0.717) is 6.61 Å². The molecule has 0 rings (SSSR count). The number of rotatable bonds is 13. The monoisotopic (exact) mass is 257 g/mol. The van der Waals surface area contributed by atoms with Crippen molar-refractivity contribution >= 4 is 0 Å². The van der Waals surface area contributed by atoms with E-state index in [-0.39, 0.29) is 5.41 Å². The quantitative estimate of drug-likeness (QED) is 0.486. The Kier molecular flexibility index (Phi) is 11.9. The maximum atomic E-state index is 9.46. The Morgan fingerprint density at radius 1 is 0.833 bits per heavy atom. The van der Waals surface area contributed by atoms with Crippen LogP contribution in [0.15, 0.2) is 0 Å². The Bertz CT molecular complexity index is 158. The molecule has 0 unspecified atom stereocenters. The van der Waals surface area contributed by atoms with Crippen LogP contribution in [0.25, 0.3) is 0 Å². The van der Waals surface area contributed by atoms with Gasteiger partial charge in [-0.1, -0.05) is 59.3 Å². The molecule has 2 N–H and O–H groups in total. The summed E-state index contributed by atoms with van der Waals surface area (Å²) in [6, 6.07) is 0. The van der Waals surface area contributed by atoms with E-state index in [1.54, 1.807) is 0 Å². The molecule has 0 aliphatic rings. The van der Waals surface area contributed by atoms with Crippen molar-refractivity contribution < 1.29 is 5.11 Å². The van der Waals surface area contributed by atoms with Crippen molar-refractivity contribution in [2.75, 3.05) is 19.7 Å². The molecule has 0 fully saturated rings. The highest BCUT2D eigenvalue weighted by atomic mass is 16.3. The first-order valence-corrected chi connectivity index (χ1v) is 8.06. The highest BCUT2D eigenvalue weighted by molar-refractivity contribution is 4.77. The van der Waals surface area contributed by atoms with Crippen LogP contribution in [0.5, 0.6) is 0 Å². The van der Waals surface area contributed by atoms with Gasteiger partial charge < -0.3 is 10.4 Å². The Balaban J connectivity index is 3.38. The third kappa shape index (κ3) is 8.10. The number of aliphatic hydroxyl groups excluding tert-OH is 1. The molecule has 0 bridgehead atoms. The number of hydrogen-bond donors (Lipinski definition) is 2. The molecule has 0 heterocycles. The molecule has 0 aromatic heterocycles. The number of nitrogens with one attached hydrogen (secondary N) is 1. The summed E-state index contributed by atoms with van der Waals surface area (Å²) < 4.78 is 0. The van der Waals surface area contributed by atoms with Gasteiger partial charge in [0.2, 0.25) is 0 Å². The second kappa shape index (κ2) is 12.0. The fraction of sp³-hybridized carbons (Fsp3) is 1.00. The van der Waals surface area contributed by atoms with E-state index in [1.165, 1.54) is 44.9 Å². The Hall–Kier alpha value is -0.0800. The molecule has 0 aromatic carbocycles. The topological polar surface area (TPSA) is 32.3 Å². The Morgan fingerprint density at radius 3 is 1.89 bits per heavy atom. The maximum absolute atomic E-state index is 9.46. The summed E-state index contributed by atoms with van der Waals surface area (Å²) in [6.45, 7) is 8.99. The second-order valence-electron chi connectivity index (χ2n) is 5.66. The van der Waals surface area contributed by atoms with Crippen LogP contribution < -0.4 is 5.32 Å². The third-order valence-corrected chi connectivity index (χ3v) is 4.29. The zero-order chi connectivity index (χ0) is 13.7. The maximum Gasteiger partial charge on any atom is 0.0499 e. The standard InChI is InChI=1S/C16H35NO/c1-4-7-8-9-10-11-12-13-17-14-16(5-2,6-3)15-18/h17-18H,4-15H2,1-3H3. The van der Waals surface area contributed by atoms with Gasteiger partial charge in [-0.15, -0.1) is 0 Å². The van der Waals surface area contributed by atoms with Crippen molar-refractivity contribution in [1.29, 1.82) is 0 Å². The summed E-state index contributed by atoms with van der Waals surface area (Å²) >= 11 is 0. The largest absolute Gasteiger partial charge is 0.396 e. The lowest BCUT2D eigenvalue weighted by molar-refractivity contribution is 0.113. The van der Waals surface area contributed by atoms with Gasteiger partial charge in [0, 0.05) is 18.6 Å². The van der Waals surface area contributed by atoms with Crippen molar-refractivity contribution in [2.24, 2.45) is 5.41 Å². The molecule has 2 heteroatoms. The van der Waals surface area contributed by atoms with Gasteiger partial charge in [0.05, 0.1) is 0 Å². The molecule has 0 saturated heterocycles. The average molecular weight is 257 g/mol. The predicted octanol–water partition coefficient (Wildman–Crippen LogP) is 4.13. The SMILES string of the molecule is CCCCCCCCCNCC(CC)(CC)CO. The van der Waals surface area contributed by atoms with Crippen molar-refractivity contribution in [3.05, 3.63) is 0 Å². The van der Waals surface area contributed by atoms with Crippen LogP contribution in [0.2, 0.25) is 0 Å². The van der Waals surface area contributed by atoms with E-state index < -0.39 is 0 Å². The van der Waals surface area contributed by atoms with Gasteiger partial charge in [-0.3, -0.25) is 0 Å². The van der Waals surface area contributed by atoms with Gasteiger partial charge in [0.25, 0.3) is 0 Å². The predicted molar refractivity (Wildman–Crippen MR) is 81.0 cm³/mol. The van der Waals surface area contributed by atoms with E-state index in [4.69, 9.17) is 0 Å². The Labute approximate surface area is 115 Å². The van der Waals surface area contributed by atoms with Crippen LogP contribution in [-0.2, 0) is 0 Å².